The molecule has 0 aromatic carbocycles. The molecule has 1 saturated carbocycles. The number of nitrogens with two attached hydrogens (primary N) is 1. The number of rotatable bonds is 6. The minimum Gasteiger partial charge on any atom is -0.348 e. The van der Waals surface area contributed by atoms with Crippen LogP contribution in [0.15, 0.2) is 0 Å². The van der Waals surface area contributed by atoms with Crippen LogP contribution in [-0.2, 0) is 9.59 Å². The highest BCUT2D eigenvalue weighted by Gasteiger charge is 2.52. The molecule has 26 heavy (non-hydrogen) atoms. The zero-order chi connectivity index (χ0) is 18.8. The van der Waals surface area contributed by atoms with Crippen LogP contribution < -0.4 is 16.4 Å². The zero-order valence-corrected chi connectivity index (χ0v) is 17.1. The maximum absolute atomic E-state index is 12.8. The van der Waals surface area contributed by atoms with Gasteiger partial charge in [-0.15, -0.1) is 12.4 Å². The monoisotopic (exact) mass is 388 g/mol. The molecule has 7 nitrogen and oxygen atoms in total. The van der Waals surface area contributed by atoms with Gasteiger partial charge < -0.3 is 16.4 Å². The largest absolute Gasteiger partial charge is 0.348 e. The first-order valence-electron chi connectivity index (χ1n) is 9.32. The molecule has 150 valence electrons. The SMILES string of the molecule is CCC1CCC2(CC1)NC(=O)N(CC(=O)NC(C)(CN)C(C)C)C2=O.Cl. The molecule has 8 heteroatoms. The Hall–Kier alpha value is -1.34. The van der Waals surface area contributed by atoms with Gasteiger partial charge in [0.05, 0.1) is 5.54 Å². The Morgan fingerprint density at radius 3 is 2.42 bits per heavy atom. The predicted octanol–water partition coefficient (Wildman–Crippen LogP) is 1.79. The summed E-state index contributed by atoms with van der Waals surface area (Å²) in [6, 6.07) is -0.464. The third kappa shape index (κ3) is 4.31. The quantitative estimate of drug-likeness (QED) is 0.603. The van der Waals surface area contributed by atoms with Crippen molar-refractivity contribution in [3.05, 3.63) is 0 Å². The van der Waals surface area contributed by atoms with E-state index in [-0.39, 0.29) is 36.7 Å². The van der Waals surface area contributed by atoms with Crippen LogP contribution in [0.5, 0.6) is 0 Å². The Bertz CT molecular complexity index is 547. The van der Waals surface area contributed by atoms with E-state index >= 15 is 0 Å². The van der Waals surface area contributed by atoms with Crippen molar-refractivity contribution in [2.24, 2.45) is 17.6 Å². The number of imide groups is 1. The van der Waals surface area contributed by atoms with E-state index in [1.54, 1.807) is 0 Å². The molecule has 1 atom stereocenters. The van der Waals surface area contributed by atoms with Crippen LogP contribution in [0.25, 0.3) is 0 Å². The highest BCUT2D eigenvalue weighted by molar-refractivity contribution is 6.09. The number of halogens is 1. The molecule has 0 aromatic heterocycles. The summed E-state index contributed by atoms with van der Waals surface area (Å²) >= 11 is 0. The highest BCUT2D eigenvalue weighted by atomic mass is 35.5. The molecule has 0 aromatic rings. The van der Waals surface area contributed by atoms with E-state index in [2.05, 4.69) is 17.6 Å². The number of hydrogen-bond donors (Lipinski definition) is 3. The van der Waals surface area contributed by atoms with Gasteiger partial charge in [0.15, 0.2) is 0 Å². The van der Waals surface area contributed by atoms with E-state index in [1.165, 1.54) is 0 Å². The van der Waals surface area contributed by atoms with Gasteiger partial charge in [-0.25, -0.2) is 4.79 Å². The summed E-state index contributed by atoms with van der Waals surface area (Å²) in [5.74, 6) is 0.134. The van der Waals surface area contributed by atoms with Crippen LogP contribution in [0.3, 0.4) is 0 Å². The fourth-order valence-electron chi connectivity index (χ4n) is 3.67. The lowest BCUT2D eigenvalue weighted by Crippen LogP contribution is -2.57. The summed E-state index contributed by atoms with van der Waals surface area (Å²) < 4.78 is 0. The normalized spacial score (nSPS) is 27.9. The van der Waals surface area contributed by atoms with Crippen LogP contribution >= 0.6 is 12.4 Å². The summed E-state index contributed by atoms with van der Waals surface area (Å²) in [4.78, 5) is 38.6. The van der Waals surface area contributed by atoms with Gasteiger partial charge in [-0.2, -0.15) is 0 Å². The maximum Gasteiger partial charge on any atom is 0.325 e. The molecule has 1 heterocycles. The first-order chi connectivity index (χ1) is 11.7. The van der Waals surface area contributed by atoms with Crippen LogP contribution in [0.1, 0.15) is 59.8 Å². The van der Waals surface area contributed by atoms with Crippen molar-refractivity contribution in [2.75, 3.05) is 13.1 Å². The van der Waals surface area contributed by atoms with Crippen LogP contribution in [0.2, 0.25) is 0 Å². The molecule has 1 saturated heterocycles. The summed E-state index contributed by atoms with van der Waals surface area (Å²) in [5, 5.41) is 5.73. The van der Waals surface area contributed by atoms with Crippen LogP contribution in [0, 0.1) is 11.8 Å². The molecule has 4 N–H and O–H groups in total. The smallest absolute Gasteiger partial charge is 0.325 e. The van der Waals surface area contributed by atoms with Gasteiger partial charge in [0.25, 0.3) is 5.91 Å². The molecule has 1 unspecified atom stereocenters. The molecule has 1 spiro atoms. The van der Waals surface area contributed by atoms with Gasteiger partial charge in [-0.1, -0.05) is 27.2 Å². The number of urea groups is 1. The maximum atomic E-state index is 12.8. The van der Waals surface area contributed by atoms with Crippen molar-refractivity contribution < 1.29 is 14.4 Å². The van der Waals surface area contributed by atoms with Crippen molar-refractivity contribution in [2.45, 2.75) is 70.9 Å². The second-order valence-electron chi connectivity index (χ2n) is 8.08. The Morgan fingerprint density at radius 1 is 1.38 bits per heavy atom. The standard InChI is InChI=1S/C18H32N4O3.ClH/c1-5-13-6-8-18(9-7-13)15(24)22(16(25)21-18)10-14(23)20-17(4,11-19)12(2)3;/h12-13H,5-11,19H2,1-4H3,(H,20,23)(H,21,25);1H. The second-order valence-corrected chi connectivity index (χ2v) is 8.08. The highest BCUT2D eigenvalue weighted by Crippen LogP contribution is 2.37. The second kappa shape index (κ2) is 8.57. The lowest BCUT2D eigenvalue weighted by Gasteiger charge is -2.35. The van der Waals surface area contributed by atoms with E-state index in [4.69, 9.17) is 5.73 Å². The summed E-state index contributed by atoms with van der Waals surface area (Å²) in [6.07, 6.45) is 4.26. The predicted molar refractivity (Wildman–Crippen MR) is 103 cm³/mol. The number of amides is 4. The van der Waals surface area contributed by atoms with Gasteiger partial charge in [-0.05, 0) is 44.4 Å². The zero-order valence-electron chi connectivity index (χ0n) is 16.3. The number of carbonyl (C=O) groups excluding carboxylic acids is 3. The Balaban J connectivity index is 0.00000338. The van der Waals surface area contributed by atoms with E-state index in [0.29, 0.717) is 25.3 Å². The third-order valence-corrected chi connectivity index (χ3v) is 6.21. The molecule has 2 rings (SSSR count). The van der Waals surface area contributed by atoms with Crippen molar-refractivity contribution in [3.8, 4) is 0 Å². The first-order valence-corrected chi connectivity index (χ1v) is 9.32. The molecule has 4 amide bonds. The van der Waals surface area contributed by atoms with Gasteiger partial charge in [0.2, 0.25) is 5.91 Å². The first kappa shape index (κ1) is 22.7. The lowest BCUT2D eigenvalue weighted by molar-refractivity contribution is -0.136. The van der Waals surface area contributed by atoms with Gasteiger partial charge in [0.1, 0.15) is 12.1 Å². The summed E-state index contributed by atoms with van der Waals surface area (Å²) in [5.41, 5.74) is 4.41. The summed E-state index contributed by atoms with van der Waals surface area (Å²) in [7, 11) is 0. The molecule has 2 aliphatic rings. The van der Waals surface area contributed by atoms with Crippen molar-refractivity contribution >= 4 is 30.3 Å². The third-order valence-electron chi connectivity index (χ3n) is 6.21. The van der Waals surface area contributed by atoms with E-state index in [0.717, 1.165) is 24.2 Å². The number of nitrogens with zero attached hydrogens (tertiary/aromatic N) is 1. The molecule has 0 bridgehead atoms. The van der Waals surface area contributed by atoms with Crippen LogP contribution in [-0.4, -0.2) is 46.9 Å². The molecular weight excluding hydrogens is 356 g/mol. The molecular formula is C18H33ClN4O3. The van der Waals surface area contributed by atoms with Gasteiger partial charge in [0, 0.05) is 6.54 Å². The minimum atomic E-state index is -0.807. The molecule has 1 aliphatic carbocycles. The fourth-order valence-corrected chi connectivity index (χ4v) is 3.67. The Kier molecular flexibility index (Phi) is 7.48. The Labute approximate surface area is 162 Å². The van der Waals surface area contributed by atoms with Gasteiger partial charge in [-0.3, -0.25) is 14.5 Å². The Morgan fingerprint density at radius 2 is 1.96 bits per heavy atom. The molecule has 2 fully saturated rings. The van der Waals surface area contributed by atoms with E-state index in [1.807, 2.05) is 20.8 Å². The number of nitrogens with one attached hydrogen (secondary N) is 2. The van der Waals surface area contributed by atoms with E-state index in [9.17, 15) is 14.4 Å². The van der Waals surface area contributed by atoms with Crippen molar-refractivity contribution in [1.82, 2.24) is 15.5 Å². The van der Waals surface area contributed by atoms with Gasteiger partial charge >= 0.3 is 6.03 Å². The molecule has 1 aliphatic heterocycles. The molecule has 0 radical (unpaired) electrons. The fraction of sp³-hybridized carbons (Fsp3) is 0.833. The van der Waals surface area contributed by atoms with Crippen molar-refractivity contribution in [3.63, 3.8) is 0 Å². The number of hydrogen-bond acceptors (Lipinski definition) is 4. The lowest BCUT2D eigenvalue weighted by atomic mass is 9.75. The number of carbonyl (C=O) groups is 3. The topological polar surface area (TPSA) is 105 Å². The minimum absolute atomic E-state index is 0. The van der Waals surface area contributed by atoms with Crippen LogP contribution in [0.4, 0.5) is 4.79 Å². The average molecular weight is 389 g/mol. The van der Waals surface area contributed by atoms with E-state index < -0.39 is 17.1 Å². The summed E-state index contributed by atoms with van der Waals surface area (Å²) in [6.45, 7) is 8.00. The van der Waals surface area contributed by atoms with Crippen molar-refractivity contribution in [1.29, 1.82) is 0 Å². The average Bonchev–Trinajstić information content (AvgIpc) is 2.79.